The van der Waals surface area contributed by atoms with E-state index in [2.05, 4.69) is 48.8 Å². The summed E-state index contributed by atoms with van der Waals surface area (Å²) < 4.78 is 5.58. The van der Waals surface area contributed by atoms with Gasteiger partial charge in [0.25, 0.3) is 0 Å². The van der Waals surface area contributed by atoms with E-state index in [0.717, 1.165) is 18.8 Å². The minimum atomic E-state index is 0.500. The van der Waals surface area contributed by atoms with Crippen LogP contribution >= 0.6 is 0 Å². The Kier molecular flexibility index (Phi) is 5.92. The first-order valence-electron chi connectivity index (χ1n) is 8.31. The first-order valence-corrected chi connectivity index (χ1v) is 8.31. The Morgan fingerprint density at radius 2 is 1.86 bits per heavy atom. The van der Waals surface area contributed by atoms with Gasteiger partial charge in [-0.2, -0.15) is 0 Å². The van der Waals surface area contributed by atoms with Crippen molar-refractivity contribution in [1.29, 1.82) is 0 Å². The molecule has 1 saturated heterocycles. The zero-order valence-electron chi connectivity index (χ0n) is 14.1. The number of ether oxygens (including phenoxy) is 1. The van der Waals surface area contributed by atoms with Crippen molar-refractivity contribution >= 4 is 5.69 Å². The summed E-state index contributed by atoms with van der Waals surface area (Å²) >= 11 is 0. The monoisotopic (exact) mass is 290 g/mol. The standard InChI is InChI=1S/C18H30N2O/c1-5-6-9-19-10-12-20(13-11-19)16-7-8-17(15(2)3)18(14-16)21-4/h7-8,14-15H,5-6,9-13H2,1-4H3. The van der Waals surface area contributed by atoms with Crippen LogP contribution in [0.1, 0.15) is 45.1 Å². The van der Waals surface area contributed by atoms with Gasteiger partial charge in [0.05, 0.1) is 7.11 Å². The quantitative estimate of drug-likeness (QED) is 0.794. The number of rotatable bonds is 6. The van der Waals surface area contributed by atoms with Crippen molar-refractivity contribution < 1.29 is 4.74 Å². The van der Waals surface area contributed by atoms with Crippen LogP contribution in [-0.2, 0) is 0 Å². The van der Waals surface area contributed by atoms with Gasteiger partial charge in [-0.1, -0.05) is 33.3 Å². The topological polar surface area (TPSA) is 15.7 Å². The highest BCUT2D eigenvalue weighted by molar-refractivity contribution is 5.54. The molecule has 3 heteroatoms. The van der Waals surface area contributed by atoms with Crippen molar-refractivity contribution in [2.24, 2.45) is 0 Å². The number of methoxy groups -OCH3 is 1. The number of piperazine rings is 1. The summed E-state index contributed by atoms with van der Waals surface area (Å²) in [7, 11) is 1.77. The smallest absolute Gasteiger partial charge is 0.124 e. The molecule has 1 fully saturated rings. The third-order valence-corrected chi connectivity index (χ3v) is 4.40. The number of hydrogen-bond acceptors (Lipinski definition) is 3. The van der Waals surface area contributed by atoms with E-state index in [4.69, 9.17) is 4.74 Å². The summed E-state index contributed by atoms with van der Waals surface area (Å²) in [6.07, 6.45) is 2.60. The van der Waals surface area contributed by atoms with Gasteiger partial charge in [0, 0.05) is 37.9 Å². The molecule has 1 aliphatic rings. The fraction of sp³-hybridized carbons (Fsp3) is 0.667. The van der Waals surface area contributed by atoms with Crippen molar-refractivity contribution in [3.63, 3.8) is 0 Å². The molecular weight excluding hydrogens is 260 g/mol. The summed E-state index contributed by atoms with van der Waals surface area (Å²) in [6.45, 7) is 12.5. The lowest BCUT2D eigenvalue weighted by molar-refractivity contribution is 0.254. The Hall–Kier alpha value is -1.22. The van der Waals surface area contributed by atoms with Crippen molar-refractivity contribution in [1.82, 2.24) is 4.90 Å². The molecule has 0 radical (unpaired) electrons. The van der Waals surface area contributed by atoms with E-state index >= 15 is 0 Å². The first kappa shape index (κ1) is 16.2. The first-order chi connectivity index (χ1) is 10.2. The largest absolute Gasteiger partial charge is 0.496 e. The fourth-order valence-electron chi connectivity index (χ4n) is 2.98. The van der Waals surface area contributed by atoms with Crippen molar-refractivity contribution in [2.45, 2.75) is 39.5 Å². The number of anilines is 1. The molecule has 3 nitrogen and oxygen atoms in total. The van der Waals surface area contributed by atoms with Crippen molar-refractivity contribution in [2.75, 3.05) is 44.7 Å². The molecule has 0 amide bonds. The molecule has 0 aliphatic carbocycles. The second kappa shape index (κ2) is 7.69. The maximum absolute atomic E-state index is 5.58. The Bertz CT molecular complexity index is 437. The predicted octanol–water partition coefficient (Wildman–Crippen LogP) is 3.74. The summed E-state index contributed by atoms with van der Waals surface area (Å²) in [4.78, 5) is 5.06. The van der Waals surface area contributed by atoms with E-state index in [9.17, 15) is 0 Å². The lowest BCUT2D eigenvalue weighted by atomic mass is 10.0. The molecule has 1 heterocycles. The van der Waals surface area contributed by atoms with Gasteiger partial charge in [-0.25, -0.2) is 0 Å². The highest BCUT2D eigenvalue weighted by atomic mass is 16.5. The summed E-state index contributed by atoms with van der Waals surface area (Å²) in [6, 6.07) is 6.68. The maximum Gasteiger partial charge on any atom is 0.124 e. The van der Waals surface area contributed by atoms with Gasteiger partial charge in [0.15, 0.2) is 0 Å². The fourth-order valence-corrected chi connectivity index (χ4v) is 2.98. The molecule has 21 heavy (non-hydrogen) atoms. The Morgan fingerprint density at radius 1 is 1.14 bits per heavy atom. The Labute approximate surface area is 129 Å². The maximum atomic E-state index is 5.58. The molecule has 2 rings (SSSR count). The van der Waals surface area contributed by atoms with E-state index in [0.29, 0.717) is 5.92 Å². The zero-order chi connectivity index (χ0) is 15.2. The van der Waals surface area contributed by atoms with Crippen LogP contribution in [0.4, 0.5) is 5.69 Å². The second-order valence-electron chi connectivity index (χ2n) is 6.26. The number of hydrogen-bond donors (Lipinski definition) is 0. The van der Waals surface area contributed by atoms with Gasteiger partial charge >= 0.3 is 0 Å². The zero-order valence-corrected chi connectivity index (χ0v) is 14.1. The molecule has 1 aliphatic heterocycles. The minimum absolute atomic E-state index is 0.500. The minimum Gasteiger partial charge on any atom is -0.496 e. The summed E-state index contributed by atoms with van der Waals surface area (Å²) in [5, 5.41) is 0. The van der Waals surface area contributed by atoms with Gasteiger partial charge in [-0.05, 0) is 30.5 Å². The molecule has 0 N–H and O–H groups in total. The highest BCUT2D eigenvalue weighted by Gasteiger charge is 2.18. The van der Waals surface area contributed by atoms with Crippen molar-refractivity contribution in [3.8, 4) is 5.75 Å². The summed E-state index contributed by atoms with van der Waals surface area (Å²) in [5.74, 6) is 1.52. The van der Waals surface area contributed by atoms with Crippen LogP contribution in [0, 0.1) is 0 Å². The van der Waals surface area contributed by atoms with Crippen LogP contribution in [0.15, 0.2) is 18.2 Å². The molecule has 0 spiro atoms. The van der Waals surface area contributed by atoms with Crippen LogP contribution in [0.25, 0.3) is 0 Å². The van der Waals surface area contributed by atoms with E-state index in [1.807, 2.05) is 0 Å². The van der Waals surface area contributed by atoms with Gasteiger partial charge < -0.3 is 9.64 Å². The van der Waals surface area contributed by atoms with Gasteiger partial charge in [0.1, 0.15) is 5.75 Å². The molecular formula is C18H30N2O. The number of unbranched alkanes of at least 4 members (excludes halogenated alkanes) is 1. The molecule has 0 aromatic heterocycles. The number of nitrogens with zero attached hydrogens (tertiary/aromatic N) is 2. The van der Waals surface area contributed by atoms with E-state index in [1.165, 1.54) is 43.7 Å². The van der Waals surface area contributed by atoms with Gasteiger partial charge in [-0.3, -0.25) is 4.90 Å². The van der Waals surface area contributed by atoms with Crippen molar-refractivity contribution in [3.05, 3.63) is 23.8 Å². The summed E-state index contributed by atoms with van der Waals surface area (Å²) in [5.41, 5.74) is 2.59. The lowest BCUT2D eigenvalue weighted by Crippen LogP contribution is -2.46. The van der Waals surface area contributed by atoms with Crippen LogP contribution in [0.2, 0.25) is 0 Å². The third kappa shape index (κ3) is 4.13. The lowest BCUT2D eigenvalue weighted by Gasteiger charge is -2.36. The van der Waals surface area contributed by atoms with Crippen LogP contribution in [0.5, 0.6) is 5.75 Å². The molecule has 0 atom stereocenters. The molecule has 1 aromatic rings. The average Bonchev–Trinajstić information content (AvgIpc) is 2.52. The number of benzene rings is 1. The SMILES string of the molecule is CCCCN1CCN(c2ccc(C(C)C)c(OC)c2)CC1. The molecule has 1 aromatic carbocycles. The van der Waals surface area contributed by atoms with Gasteiger partial charge in [-0.15, -0.1) is 0 Å². The Balaban J connectivity index is 2.00. The Morgan fingerprint density at radius 3 is 2.43 bits per heavy atom. The van der Waals surface area contributed by atoms with Gasteiger partial charge in [0.2, 0.25) is 0 Å². The third-order valence-electron chi connectivity index (χ3n) is 4.40. The molecule has 118 valence electrons. The normalized spacial score (nSPS) is 16.5. The van der Waals surface area contributed by atoms with E-state index in [1.54, 1.807) is 7.11 Å². The predicted molar refractivity (Wildman–Crippen MR) is 90.6 cm³/mol. The molecule has 0 bridgehead atoms. The van der Waals surface area contributed by atoms with E-state index < -0.39 is 0 Å². The van der Waals surface area contributed by atoms with Crippen LogP contribution < -0.4 is 9.64 Å². The molecule has 0 unspecified atom stereocenters. The van der Waals surface area contributed by atoms with Crippen LogP contribution in [-0.4, -0.2) is 44.7 Å². The van der Waals surface area contributed by atoms with Crippen LogP contribution in [0.3, 0.4) is 0 Å². The highest BCUT2D eigenvalue weighted by Crippen LogP contribution is 2.31. The molecule has 0 saturated carbocycles. The average molecular weight is 290 g/mol. The second-order valence-corrected chi connectivity index (χ2v) is 6.26. The van der Waals surface area contributed by atoms with E-state index in [-0.39, 0.29) is 0 Å².